The van der Waals surface area contributed by atoms with Crippen LogP contribution in [0.2, 0.25) is 0 Å². The predicted molar refractivity (Wildman–Crippen MR) is 44.3 cm³/mol. The Hall–Kier alpha value is -1.31. The van der Waals surface area contributed by atoms with Crippen LogP contribution < -0.4 is 5.73 Å². The van der Waals surface area contributed by atoms with Gasteiger partial charge in [0, 0.05) is 5.56 Å². The highest BCUT2D eigenvalue weighted by molar-refractivity contribution is 5.24. The Labute approximate surface area is 91.0 Å². The first-order valence-corrected chi connectivity index (χ1v) is 4.22. The second-order valence-electron chi connectivity index (χ2n) is 3.26. The molecule has 1 aromatic carbocycles. The van der Waals surface area contributed by atoms with E-state index >= 15 is 0 Å². The summed E-state index contributed by atoms with van der Waals surface area (Å²) in [6.07, 6.45) is -5.94. The molecule has 1 unspecified atom stereocenters. The molecule has 0 aromatic heterocycles. The monoisotopic (exact) mass is 261 g/mol. The summed E-state index contributed by atoms with van der Waals surface area (Å²) in [5.41, 5.74) is 3.42. The molecule has 1 nitrogen and oxygen atoms in total. The standard InChI is InChI=1S/C9H6F7N/c10-4-1-2-6(11)5(3-4)7(17)8(12,13)9(14,15)16/h1-3,7H,17H2. The Balaban J connectivity index is 3.21. The third-order valence-corrected chi connectivity index (χ3v) is 2.06. The Kier molecular flexibility index (Phi) is 3.37. The quantitative estimate of drug-likeness (QED) is 0.813. The van der Waals surface area contributed by atoms with E-state index in [2.05, 4.69) is 5.73 Å². The van der Waals surface area contributed by atoms with E-state index in [1.54, 1.807) is 0 Å². The molecule has 1 aromatic rings. The molecule has 0 saturated carbocycles. The van der Waals surface area contributed by atoms with E-state index in [1.807, 2.05) is 0 Å². The van der Waals surface area contributed by atoms with Gasteiger partial charge in [0.2, 0.25) is 0 Å². The fraction of sp³-hybridized carbons (Fsp3) is 0.333. The maximum absolute atomic E-state index is 13.0. The van der Waals surface area contributed by atoms with Gasteiger partial charge in [0.05, 0.1) is 0 Å². The van der Waals surface area contributed by atoms with Crippen LogP contribution in [0.15, 0.2) is 18.2 Å². The Morgan fingerprint density at radius 1 is 1.00 bits per heavy atom. The molecule has 2 N–H and O–H groups in total. The molecular weight excluding hydrogens is 255 g/mol. The summed E-state index contributed by atoms with van der Waals surface area (Å²) in [7, 11) is 0. The van der Waals surface area contributed by atoms with Crippen LogP contribution in [0.4, 0.5) is 30.7 Å². The van der Waals surface area contributed by atoms with E-state index in [0.717, 1.165) is 0 Å². The molecule has 1 atom stereocenters. The van der Waals surface area contributed by atoms with Gasteiger partial charge in [-0.1, -0.05) is 0 Å². The number of alkyl halides is 5. The van der Waals surface area contributed by atoms with E-state index in [1.165, 1.54) is 0 Å². The smallest absolute Gasteiger partial charge is 0.319 e. The minimum atomic E-state index is -5.94. The number of hydrogen-bond donors (Lipinski definition) is 1. The Bertz CT molecular complexity index is 412. The Morgan fingerprint density at radius 2 is 1.53 bits per heavy atom. The van der Waals surface area contributed by atoms with E-state index in [-0.39, 0.29) is 6.07 Å². The minimum absolute atomic E-state index is 0.208. The van der Waals surface area contributed by atoms with E-state index in [0.29, 0.717) is 12.1 Å². The molecule has 0 fully saturated rings. The molecule has 0 aliphatic carbocycles. The fourth-order valence-electron chi connectivity index (χ4n) is 1.12. The van der Waals surface area contributed by atoms with Crippen molar-refractivity contribution in [2.24, 2.45) is 5.73 Å². The molecule has 96 valence electrons. The topological polar surface area (TPSA) is 26.0 Å². The van der Waals surface area contributed by atoms with Gasteiger partial charge >= 0.3 is 12.1 Å². The van der Waals surface area contributed by atoms with Crippen LogP contribution in [-0.4, -0.2) is 12.1 Å². The maximum atomic E-state index is 13.0. The molecule has 0 bridgehead atoms. The highest BCUT2D eigenvalue weighted by Gasteiger charge is 2.62. The summed E-state index contributed by atoms with van der Waals surface area (Å²) < 4.78 is 87.1. The lowest BCUT2D eigenvalue weighted by Crippen LogP contribution is -2.46. The average Bonchev–Trinajstić information content (AvgIpc) is 2.19. The molecule has 0 saturated heterocycles. The highest BCUT2D eigenvalue weighted by Crippen LogP contribution is 2.43. The first kappa shape index (κ1) is 13.8. The fourth-order valence-corrected chi connectivity index (χ4v) is 1.12. The second-order valence-corrected chi connectivity index (χ2v) is 3.26. The largest absolute Gasteiger partial charge is 0.455 e. The third kappa shape index (κ3) is 2.51. The lowest BCUT2D eigenvalue weighted by Gasteiger charge is -2.26. The van der Waals surface area contributed by atoms with Crippen LogP contribution in [0.1, 0.15) is 11.6 Å². The van der Waals surface area contributed by atoms with Gasteiger partial charge in [0.1, 0.15) is 17.7 Å². The first-order valence-electron chi connectivity index (χ1n) is 4.22. The van der Waals surface area contributed by atoms with Gasteiger partial charge in [0.15, 0.2) is 0 Å². The van der Waals surface area contributed by atoms with Gasteiger partial charge in [-0.05, 0) is 18.2 Å². The normalized spacial score (nSPS) is 14.8. The predicted octanol–water partition coefficient (Wildman–Crippen LogP) is 3.16. The minimum Gasteiger partial charge on any atom is -0.319 e. The van der Waals surface area contributed by atoms with Gasteiger partial charge in [-0.15, -0.1) is 0 Å². The van der Waals surface area contributed by atoms with Crippen LogP contribution in [0.25, 0.3) is 0 Å². The van der Waals surface area contributed by atoms with Crippen molar-refractivity contribution in [1.29, 1.82) is 0 Å². The van der Waals surface area contributed by atoms with Crippen LogP contribution >= 0.6 is 0 Å². The van der Waals surface area contributed by atoms with Gasteiger partial charge < -0.3 is 5.73 Å². The molecule has 0 aliphatic heterocycles. The van der Waals surface area contributed by atoms with Crippen molar-refractivity contribution in [3.05, 3.63) is 35.4 Å². The van der Waals surface area contributed by atoms with Gasteiger partial charge in [0.25, 0.3) is 0 Å². The summed E-state index contributed by atoms with van der Waals surface area (Å²) in [4.78, 5) is 0. The summed E-state index contributed by atoms with van der Waals surface area (Å²) in [5.74, 6) is -7.93. The number of rotatable bonds is 2. The SMILES string of the molecule is NC(c1cc(F)ccc1F)C(F)(F)C(F)(F)F. The van der Waals surface area contributed by atoms with Crippen molar-refractivity contribution < 1.29 is 30.7 Å². The Morgan fingerprint density at radius 3 is 2.00 bits per heavy atom. The van der Waals surface area contributed by atoms with Crippen LogP contribution in [0.3, 0.4) is 0 Å². The van der Waals surface area contributed by atoms with Crippen LogP contribution in [0, 0.1) is 11.6 Å². The molecule has 0 amide bonds. The summed E-state index contributed by atoms with van der Waals surface area (Å²) in [5, 5.41) is 0. The molecule has 8 heteroatoms. The number of benzene rings is 1. The van der Waals surface area contributed by atoms with Gasteiger partial charge in [-0.3, -0.25) is 0 Å². The second kappa shape index (κ2) is 4.17. The summed E-state index contributed by atoms with van der Waals surface area (Å²) >= 11 is 0. The molecule has 0 spiro atoms. The van der Waals surface area contributed by atoms with Gasteiger partial charge in [-0.25, -0.2) is 8.78 Å². The first-order chi connectivity index (χ1) is 7.57. The molecule has 0 heterocycles. The molecule has 0 radical (unpaired) electrons. The number of hydrogen-bond acceptors (Lipinski definition) is 1. The zero-order valence-corrected chi connectivity index (χ0v) is 8.03. The number of halogens is 7. The van der Waals surface area contributed by atoms with E-state index < -0.39 is 35.3 Å². The summed E-state index contributed by atoms with van der Waals surface area (Å²) in [6.45, 7) is 0. The maximum Gasteiger partial charge on any atom is 0.455 e. The zero-order valence-electron chi connectivity index (χ0n) is 8.03. The third-order valence-electron chi connectivity index (χ3n) is 2.06. The van der Waals surface area contributed by atoms with Gasteiger partial charge in [-0.2, -0.15) is 22.0 Å². The number of nitrogens with two attached hydrogens (primary N) is 1. The lowest BCUT2D eigenvalue weighted by atomic mass is 10.0. The molecule has 1 rings (SSSR count). The molecule has 17 heavy (non-hydrogen) atoms. The molecule has 0 aliphatic rings. The van der Waals surface area contributed by atoms with Crippen molar-refractivity contribution >= 4 is 0 Å². The van der Waals surface area contributed by atoms with Crippen molar-refractivity contribution in [3.63, 3.8) is 0 Å². The van der Waals surface area contributed by atoms with Crippen molar-refractivity contribution in [3.8, 4) is 0 Å². The van der Waals surface area contributed by atoms with E-state index in [9.17, 15) is 30.7 Å². The summed E-state index contributed by atoms with van der Waals surface area (Å²) in [6, 6.07) is -1.79. The highest BCUT2D eigenvalue weighted by atomic mass is 19.4. The average molecular weight is 261 g/mol. The van der Waals surface area contributed by atoms with Crippen molar-refractivity contribution in [2.45, 2.75) is 18.1 Å². The zero-order chi connectivity index (χ0) is 13.4. The van der Waals surface area contributed by atoms with Crippen LogP contribution in [-0.2, 0) is 0 Å². The van der Waals surface area contributed by atoms with Crippen molar-refractivity contribution in [1.82, 2.24) is 0 Å². The molecular formula is C9H6F7N. The van der Waals surface area contributed by atoms with Crippen LogP contribution in [0.5, 0.6) is 0 Å². The lowest BCUT2D eigenvalue weighted by molar-refractivity contribution is -0.291. The van der Waals surface area contributed by atoms with E-state index in [4.69, 9.17) is 0 Å². The van der Waals surface area contributed by atoms with Crippen molar-refractivity contribution in [2.75, 3.05) is 0 Å².